The third-order valence-corrected chi connectivity index (χ3v) is 4.86. The molecule has 1 aliphatic carbocycles. The first-order chi connectivity index (χ1) is 9.85. The number of rotatable bonds is 3. The van der Waals surface area contributed by atoms with Crippen molar-refractivity contribution in [2.24, 2.45) is 12.8 Å². The molecule has 1 aromatic rings. The van der Waals surface area contributed by atoms with E-state index >= 15 is 0 Å². The molecule has 0 spiro atoms. The third kappa shape index (κ3) is 3.35. The summed E-state index contributed by atoms with van der Waals surface area (Å²) in [4.78, 5) is 38.0. The molecule has 1 heterocycles. The first-order valence-corrected chi connectivity index (χ1v) is 7.45. The second kappa shape index (κ2) is 6.02. The number of carbonyl (C=O) groups is 1. The number of carbonyl (C=O) groups excluding carboxylic acids is 1. The Morgan fingerprint density at radius 3 is 2.95 bits per heavy atom. The van der Waals surface area contributed by atoms with Crippen molar-refractivity contribution in [3.05, 3.63) is 20.7 Å². The van der Waals surface area contributed by atoms with Gasteiger partial charge in [0.2, 0.25) is 0 Å². The molecule has 0 amide bonds. The number of methoxy groups -OCH3 is 1. The van der Waals surface area contributed by atoms with Gasteiger partial charge in [-0.25, -0.2) is 0 Å². The minimum atomic E-state index is -0.994. The minimum Gasteiger partial charge on any atom is -0.468 e. The van der Waals surface area contributed by atoms with Crippen molar-refractivity contribution < 1.29 is 9.53 Å². The number of hydrogen-bond acceptors (Lipinski definition) is 7. The number of aryl methyl sites for hydroxylation is 1. The zero-order chi connectivity index (χ0) is 15.6. The molecule has 2 atom stereocenters. The molecule has 116 valence electrons. The van der Waals surface area contributed by atoms with Crippen molar-refractivity contribution in [3.8, 4) is 0 Å². The quantitative estimate of drug-likeness (QED) is 0.563. The average Bonchev–Trinajstić information content (AvgIpc) is 2.44. The number of aromatic amines is 1. The number of nitrogens with two attached hydrogens (primary N) is 1. The van der Waals surface area contributed by atoms with Gasteiger partial charge in [0.25, 0.3) is 0 Å². The van der Waals surface area contributed by atoms with Crippen LogP contribution in [0.25, 0.3) is 0 Å². The van der Waals surface area contributed by atoms with E-state index in [1.807, 2.05) is 0 Å². The fourth-order valence-corrected chi connectivity index (χ4v) is 3.76. The molecular formula is C12H18N4O4S. The van der Waals surface area contributed by atoms with E-state index in [-0.39, 0.29) is 5.25 Å². The second-order valence-corrected chi connectivity index (χ2v) is 6.45. The lowest BCUT2D eigenvalue weighted by Crippen LogP contribution is -2.52. The molecule has 1 fully saturated rings. The topological polar surface area (TPSA) is 120 Å². The Morgan fingerprint density at radius 1 is 1.57 bits per heavy atom. The number of hydrogen-bond donors (Lipinski definition) is 2. The van der Waals surface area contributed by atoms with Crippen LogP contribution in [0.1, 0.15) is 25.7 Å². The molecule has 2 unspecified atom stereocenters. The number of esters is 1. The molecule has 1 aliphatic rings. The summed E-state index contributed by atoms with van der Waals surface area (Å²) in [5, 5.41) is 2.83. The van der Waals surface area contributed by atoms with Crippen LogP contribution in [0, 0.1) is 0 Å². The number of aromatic nitrogens is 3. The molecule has 9 heteroatoms. The van der Waals surface area contributed by atoms with E-state index in [1.54, 1.807) is 7.05 Å². The molecule has 1 aromatic heterocycles. The van der Waals surface area contributed by atoms with E-state index < -0.39 is 22.6 Å². The molecule has 0 bridgehead atoms. The van der Waals surface area contributed by atoms with E-state index in [0.717, 1.165) is 12.8 Å². The predicted molar refractivity (Wildman–Crippen MR) is 77.1 cm³/mol. The van der Waals surface area contributed by atoms with Crippen LogP contribution in [-0.2, 0) is 16.6 Å². The highest BCUT2D eigenvalue weighted by molar-refractivity contribution is 7.99. The van der Waals surface area contributed by atoms with Crippen molar-refractivity contribution >= 4 is 17.7 Å². The standard InChI is InChI=1S/C12H18N4O4S/c1-16-11(14-8(17)9(18)15-16)21-7-4-3-5-12(13,6-7)10(19)20-2/h7H,3-6,13H2,1-2H3,(H,15,18). The largest absolute Gasteiger partial charge is 0.468 e. The molecule has 3 N–H and O–H groups in total. The summed E-state index contributed by atoms with van der Waals surface area (Å²) >= 11 is 1.34. The van der Waals surface area contributed by atoms with Crippen LogP contribution in [0.5, 0.6) is 0 Å². The lowest BCUT2D eigenvalue weighted by molar-refractivity contribution is -0.148. The zero-order valence-electron chi connectivity index (χ0n) is 11.9. The number of H-pyrrole nitrogens is 1. The van der Waals surface area contributed by atoms with Gasteiger partial charge in [0.05, 0.1) is 7.11 Å². The summed E-state index contributed by atoms with van der Waals surface area (Å²) in [6, 6.07) is 0. The maximum absolute atomic E-state index is 11.8. The highest BCUT2D eigenvalue weighted by Gasteiger charge is 2.40. The molecule has 21 heavy (non-hydrogen) atoms. The summed E-state index contributed by atoms with van der Waals surface area (Å²) in [5.41, 5.74) is 3.54. The summed E-state index contributed by atoms with van der Waals surface area (Å²) in [5.74, 6) is -0.420. The first kappa shape index (κ1) is 15.8. The lowest BCUT2D eigenvalue weighted by atomic mass is 9.82. The van der Waals surface area contributed by atoms with E-state index in [0.29, 0.717) is 18.0 Å². The van der Waals surface area contributed by atoms with Crippen molar-refractivity contribution in [1.29, 1.82) is 0 Å². The van der Waals surface area contributed by atoms with Gasteiger partial charge in [-0.15, -0.1) is 0 Å². The number of nitrogens with zero attached hydrogens (tertiary/aromatic N) is 2. The number of thioether (sulfide) groups is 1. The van der Waals surface area contributed by atoms with Crippen molar-refractivity contribution in [2.75, 3.05) is 7.11 Å². The Labute approximate surface area is 125 Å². The van der Waals surface area contributed by atoms with Gasteiger partial charge in [0, 0.05) is 12.3 Å². The number of nitrogens with one attached hydrogen (secondary N) is 1. The fraction of sp³-hybridized carbons (Fsp3) is 0.667. The highest BCUT2D eigenvalue weighted by atomic mass is 32.2. The Morgan fingerprint density at radius 2 is 2.29 bits per heavy atom. The monoisotopic (exact) mass is 314 g/mol. The Balaban J connectivity index is 2.17. The van der Waals surface area contributed by atoms with Crippen LogP contribution in [0.15, 0.2) is 14.7 Å². The fourth-order valence-electron chi connectivity index (χ4n) is 2.46. The van der Waals surface area contributed by atoms with Gasteiger partial charge in [0.15, 0.2) is 5.16 Å². The van der Waals surface area contributed by atoms with Crippen LogP contribution >= 0.6 is 11.8 Å². The van der Waals surface area contributed by atoms with Crippen LogP contribution in [-0.4, -0.2) is 38.6 Å². The number of ether oxygens (including phenoxy) is 1. The smallest absolute Gasteiger partial charge is 0.339 e. The Bertz CT molecular complexity index is 655. The van der Waals surface area contributed by atoms with Gasteiger partial charge in [-0.2, -0.15) is 4.98 Å². The summed E-state index contributed by atoms with van der Waals surface area (Å²) in [6.45, 7) is 0. The summed E-state index contributed by atoms with van der Waals surface area (Å²) in [7, 11) is 2.93. The summed E-state index contributed by atoms with van der Waals surface area (Å²) in [6.07, 6.45) is 2.67. The molecular weight excluding hydrogens is 296 g/mol. The molecule has 8 nitrogen and oxygen atoms in total. The maximum atomic E-state index is 11.8. The van der Waals surface area contributed by atoms with Gasteiger partial charge in [-0.3, -0.25) is 24.2 Å². The average molecular weight is 314 g/mol. The van der Waals surface area contributed by atoms with Gasteiger partial charge in [-0.05, 0) is 25.7 Å². The van der Waals surface area contributed by atoms with Crippen LogP contribution in [0.2, 0.25) is 0 Å². The van der Waals surface area contributed by atoms with E-state index in [4.69, 9.17) is 10.5 Å². The molecule has 0 aliphatic heterocycles. The molecule has 0 radical (unpaired) electrons. The lowest BCUT2D eigenvalue weighted by Gasteiger charge is -2.34. The first-order valence-electron chi connectivity index (χ1n) is 6.57. The molecule has 2 rings (SSSR count). The van der Waals surface area contributed by atoms with E-state index in [9.17, 15) is 14.4 Å². The van der Waals surface area contributed by atoms with E-state index in [2.05, 4.69) is 10.1 Å². The van der Waals surface area contributed by atoms with Crippen LogP contribution < -0.4 is 16.9 Å². The molecule has 0 aromatic carbocycles. The molecule has 0 saturated heterocycles. The predicted octanol–water partition coefficient (Wildman–Crippen LogP) is -0.626. The maximum Gasteiger partial charge on any atom is 0.339 e. The minimum absolute atomic E-state index is 0.0341. The van der Waals surface area contributed by atoms with Gasteiger partial charge in [-0.1, -0.05) is 11.8 Å². The Hall–Kier alpha value is -1.61. The molecule has 1 saturated carbocycles. The SMILES string of the molecule is COC(=O)C1(N)CCCC(Sc2nc(=O)c(=O)[nH]n2C)C1. The van der Waals surface area contributed by atoms with Crippen molar-refractivity contribution in [2.45, 2.75) is 41.6 Å². The highest BCUT2D eigenvalue weighted by Crippen LogP contribution is 2.36. The normalized spacial score (nSPS) is 25.6. The van der Waals surface area contributed by atoms with Crippen LogP contribution in [0.4, 0.5) is 0 Å². The van der Waals surface area contributed by atoms with E-state index in [1.165, 1.54) is 23.6 Å². The van der Waals surface area contributed by atoms with Crippen molar-refractivity contribution in [1.82, 2.24) is 14.8 Å². The Kier molecular flexibility index (Phi) is 4.52. The second-order valence-electron chi connectivity index (χ2n) is 5.18. The van der Waals surface area contributed by atoms with Crippen LogP contribution in [0.3, 0.4) is 0 Å². The third-order valence-electron chi connectivity index (χ3n) is 3.55. The van der Waals surface area contributed by atoms with Crippen molar-refractivity contribution in [3.63, 3.8) is 0 Å². The van der Waals surface area contributed by atoms with Gasteiger partial charge >= 0.3 is 17.1 Å². The van der Waals surface area contributed by atoms with Gasteiger partial charge in [0.1, 0.15) is 5.54 Å². The van der Waals surface area contributed by atoms with Gasteiger partial charge < -0.3 is 10.5 Å². The summed E-state index contributed by atoms with van der Waals surface area (Å²) < 4.78 is 6.16. The zero-order valence-corrected chi connectivity index (χ0v) is 12.7.